The fourth-order valence-corrected chi connectivity index (χ4v) is 4.29. The van der Waals surface area contributed by atoms with E-state index in [2.05, 4.69) is 0 Å². The lowest BCUT2D eigenvalue weighted by Gasteiger charge is -2.20. The van der Waals surface area contributed by atoms with Crippen molar-refractivity contribution in [2.75, 3.05) is 6.26 Å². The van der Waals surface area contributed by atoms with Crippen molar-refractivity contribution in [1.82, 2.24) is 4.57 Å². The second-order valence-corrected chi connectivity index (χ2v) is 10.2. The molecule has 0 N–H and O–H groups in total. The Labute approximate surface area is 179 Å². The summed E-state index contributed by atoms with van der Waals surface area (Å²) in [6, 6.07) is 12.9. The summed E-state index contributed by atoms with van der Waals surface area (Å²) in [6.07, 6.45) is 6.13. The minimum Gasteiger partial charge on any atom is -0.307 e. The zero-order valence-electron chi connectivity index (χ0n) is 17.3. The smallest absolute Gasteiger partial charge is 0.270 e. The molecule has 0 unspecified atom stereocenters. The molecule has 1 saturated carbocycles. The van der Waals surface area contributed by atoms with Crippen molar-refractivity contribution < 1.29 is 17.2 Å². The average molecular weight is 444 g/mol. The van der Waals surface area contributed by atoms with E-state index in [1.54, 1.807) is 16.8 Å². The third-order valence-electron chi connectivity index (χ3n) is 5.58. The van der Waals surface area contributed by atoms with Crippen molar-refractivity contribution >= 4 is 20.6 Å². The van der Waals surface area contributed by atoms with Gasteiger partial charge in [0, 0.05) is 41.3 Å². The van der Waals surface area contributed by atoms with Crippen LogP contribution in [0, 0.1) is 5.92 Å². The van der Waals surface area contributed by atoms with E-state index in [1.165, 1.54) is 18.2 Å². The topological polar surface area (TPSA) is 56.1 Å². The molecule has 1 aliphatic rings. The SMILES string of the molecule is CC(F)(F)c1ccc2c(=O)n([C@H](/C=C/S(C)(=O)=O)C3CC3)cc(-c3ccccc3)c2c1. The molecule has 0 saturated heterocycles. The summed E-state index contributed by atoms with van der Waals surface area (Å²) >= 11 is 0. The Morgan fingerprint density at radius 2 is 1.77 bits per heavy atom. The number of nitrogens with zero attached hydrogens (tertiary/aromatic N) is 1. The summed E-state index contributed by atoms with van der Waals surface area (Å²) in [4.78, 5) is 13.4. The molecule has 2 aromatic carbocycles. The molecule has 0 amide bonds. The molecule has 0 radical (unpaired) electrons. The average Bonchev–Trinajstić information content (AvgIpc) is 3.53. The molecule has 4 nitrogen and oxygen atoms in total. The Hall–Kier alpha value is -2.80. The van der Waals surface area contributed by atoms with Crippen molar-refractivity contribution in [2.45, 2.75) is 31.7 Å². The Morgan fingerprint density at radius 3 is 2.35 bits per heavy atom. The van der Waals surface area contributed by atoms with Crippen LogP contribution in [0.25, 0.3) is 21.9 Å². The summed E-state index contributed by atoms with van der Waals surface area (Å²) in [5.41, 5.74) is 0.958. The molecule has 7 heteroatoms. The Balaban J connectivity index is 2.01. The second-order valence-electron chi connectivity index (χ2n) is 8.26. The number of hydrogen-bond acceptors (Lipinski definition) is 3. The van der Waals surface area contributed by atoms with Crippen molar-refractivity contribution in [1.29, 1.82) is 0 Å². The molecule has 0 bridgehead atoms. The fourth-order valence-electron chi connectivity index (χ4n) is 3.84. The predicted molar refractivity (Wildman–Crippen MR) is 119 cm³/mol. The second kappa shape index (κ2) is 7.71. The molecule has 0 spiro atoms. The lowest BCUT2D eigenvalue weighted by atomic mass is 9.96. The van der Waals surface area contributed by atoms with Gasteiger partial charge in [0.1, 0.15) is 0 Å². The highest BCUT2D eigenvalue weighted by Gasteiger charge is 2.32. The molecule has 1 aromatic heterocycles. The molecule has 162 valence electrons. The molecule has 1 aliphatic carbocycles. The zero-order valence-corrected chi connectivity index (χ0v) is 18.1. The summed E-state index contributed by atoms with van der Waals surface area (Å²) in [7, 11) is -3.35. The summed E-state index contributed by atoms with van der Waals surface area (Å²) in [6.45, 7) is 0.830. The predicted octanol–water partition coefficient (Wildman–Crippen LogP) is 5.29. The van der Waals surface area contributed by atoms with Gasteiger partial charge in [-0.2, -0.15) is 0 Å². The van der Waals surface area contributed by atoms with Gasteiger partial charge in [-0.15, -0.1) is 0 Å². The van der Waals surface area contributed by atoms with E-state index in [-0.39, 0.29) is 17.0 Å². The molecule has 1 heterocycles. The van der Waals surface area contributed by atoms with Gasteiger partial charge in [0.2, 0.25) is 0 Å². The highest BCUT2D eigenvalue weighted by molar-refractivity contribution is 7.93. The molecule has 0 aliphatic heterocycles. The molecular formula is C24H23F2NO3S. The molecule has 1 fully saturated rings. The fraction of sp³-hybridized carbons (Fsp3) is 0.292. The number of pyridine rings is 1. The molecule has 3 aromatic rings. The summed E-state index contributed by atoms with van der Waals surface area (Å²) in [5, 5.41) is 1.91. The normalized spacial score (nSPS) is 16.1. The van der Waals surface area contributed by atoms with Gasteiger partial charge in [-0.3, -0.25) is 4.79 Å². The number of halogens is 2. The maximum absolute atomic E-state index is 14.0. The third kappa shape index (κ3) is 4.61. The first-order valence-electron chi connectivity index (χ1n) is 10.1. The van der Waals surface area contributed by atoms with Crippen molar-refractivity contribution in [3.8, 4) is 11.1 Å². The van der Waals surface area contributed by atoms with Gasteiger partial charge in [0.25, 0.3) is 11.5 Å². The minimum absolute atomic E-state index is 0.162. The monoisotopic (exact) mass is 443 g/mol. The molecular weight excluding hydrogens is 420 g/mol. The summed E-state index contributed by atoms with van der Waals surface area (Å²) < 4.78 is 52.9. The van der Waals surface area contributed by atoms with E-state index in [4.69, 9.17) is 0 Å². The number of allylic oxidation sites excluding steroid dienone is 1. The van der Waals surface area contributed by atoms with Crippen molar-refractivity contribution in [3.63, 3.8) is 0 Å². The van der Waals surface area contributed by atoms with E-state index in [9.17, 15) is 22.0 Å². The standard InChI is InChI=1S/C24H23F2NO3S/c1-24(25,26)18-10-11-19-20(14-18)21(16-6-4-3-5-7-16)15-27(23(19)28)22(17-8-9-17)12-13-31(2,29)30/h3-7,10-15,17,22H,8-9H2,1-2H3/b13-12+/t22-/m1/s1. The molecule has 1 atom stereocenters. The Morgan fingerprint density at radius 1 is 1.10 bits per heavy atom. The number of aromatic nitrogens is 1. The number of sulfone groups is 1. The Kier molecular flexibility index (Phi) is 5.33. The van der Waals surface area contributed by atoms with Crippen LogP contribution >= 0.6 is 0 Å². The van der Waals surface area contributed by atoms with Gasteiger partial charge in [-0.25, -0.2) is 17.2 Å². The summed E-state index contributed by atoms with van der Waals surface area (Å²) in [5.74, 6) is -2.87. The molecule has 31 heavy (non-hydrogen) atoms. The minimum atomic E-state index is -3.35. The van der Waals surface area contributed by atoms with Crippen LogP contribution in [-0.2, 0) is 15.8 Å². The van der Waals surface area contributed by atoms with E-state index < -0.39 is 21.8 Å². The first kappa shape index (κ1) is 21.4. The van der Waals surface area contributed by atoms with E-state index in [1.807, 2.05) is 30.3 Å². The van der Waals surface area contributed by atoms with E-state index >= 15 is 0 Å². The van der Waals surface area contributed by atoms with Crippen LogP contribution in [-0.4, -0.2) is 19.2 Å². The van der Waals surface area contributed by atoms with Gasteiger partial charge in [-0.1, -0.05) is 42.5 Å². The van der Waals surface area contributed by atoms with Crippen LogP contribution in [0.15, 0.2) is 71.0 Å². The van der Waals surface area contributed by atoms with Crippen molar-refractivity contribution in [3.05, 3.63) is 82.1 Å². The van der Waals surface area contributed by atoms with Crippen LogP contribution in [0.5, 0.6) is 0 Å². The number of hydrogen-bond donors (Lipinski definition) is 0. The van der Waals surface area contributed by atoms with Crippen LogP contribution in [0.1, 0.15) is 31.4 Å². The van der Waals surface area contributed by atoms with Gasteiger partial charge >= 0.3 is 0 Å². The van der Waals surface area contributed by atoms with Crippen LogP contribution in [0.3, 0.4) is 0 Å². The van der Waals surface area contributed by atoms with Crippen molar-refractivity contribution in [2.24, 2.45) is 5.92 Å². The van der Waals surface area contributed by atoms with Gasteiger partial charge < -0.3 is 4.57 Å². The first-order valence-corrected chi connectivity index (χ1v) is 12.0. The van der Waals surface area contributed by atoms with Crippen LogP contribution in [0.2, 0.25) is 0 Å². The van der Waals surface area contributed by atoms with E-state index in [0.717, 1.165) is 37.0 Å². The lowest BCUT2D eigenvalue weighted by molar-refractivity contribution is 0.0176. The number of fused-ring (bicyclic) bond motifs is 1. The molecule has 4 rings (SSSR count). The number of rotatable bonds is 6. The highest BCUT2D eigenvalue weighted by Crippen LogP contribution is 2.41. The third-order valence-corrected chi connectivity index (χ3v) is 6.24. The van der Waals surface area contributed by atoms with E-state index in [0.29, 0.717) is 16.3 Å². The van der Waals surface area contributed by atoms with Crippen LogP contribution < -0.4 is 5.56 Å². The first-order chi connectivity index (χ1) is 14.5. The van der Waals surface area contributed by atoms with Gasteiger partial charge in [-0.05, 0) is 41.8 Å². The lowest BCUT2D eigenvalue weighted by Crippen LogP contribution is -2.25. The quantitative estimate of drug-likeness (QED) is 0.520. The maximum Gasteiger partial charge on any atom is 0.270 e. The van der Waals surface area contributed by atoms with Gasteiger partial charge in [0.15, 0.2) is 9.84 Å². The number of alkyl halides is 2. The Bertz CT molecular complexity index is 1320. The maximum atomic E-state index is 14.0. The zero-order chi connectivity index (χ0) is 22.4. The van der Waals surface area contributed by atoms with Crippen LogP contribution in [0.4, 0.5) is 8.78 Å². The number of benzene rings is 2. The largest absolute Gasteiger partial charge is 0.307 e. The van der Waals surface area contributed by atoms with Gasteiger partial charge in [0.05, 0.1) is 6.04 Å². The highest BCUT2D eigenvalue weighted by atomic mass is 32.2.